The van der Waals surface area contributed by atoms with E-state index in [1.165, 1.54) is 18.2 Å². The third kappa shape index (κ3) is 22.1. The van der Waals surface area contributed by atoms with Crippen molar-refractivity contribution in [3.8, 4) is 0 Å². The van der Waals surface area contributed by atoms with E-state index in [0.29, 0.717) is 62.6 Å². The van der Waals surface area contributed by atoms with E-state index in [0.717, 1.165) is 30.4 Å². The van der Waals surface area contributed by atoms with Crippen molar-refractivity contribution >= 4 is 108 Å². The Morgan fingerprint density at radius 1 is 0.415 bits per heavy atom. The molecule has 0 atom stereocenters. The maximum absolute atomic E-state index is 12.7. The molecule has 2 heterocycles. The summed E-state index contributed by atoms with van der Waals surface area (Å²) in [4.78, 5) is 23.6. The summed E-state index contributed by atoms with van der Waals surface area (Å²) in [5, 5.41) is 5.16. The quantitative estimate of drug-likeness (QED) is 0.0362. The summed E-state index contributed by atoms with van der Waals surface area (Å²) in [7, 11) is -31.5. The molecule has 40 heteroatoms. The fourth-order valence-corrected chi connectivity index (χ4v) is 11.0. The van der Waals surface area contributed by atoms with Gasteiger partial charge in [0.1, 0.15) is 72.4 Å². The van der Waals surface area contributed by atoms with E-state index >= 15 is 0 Å². The van der Waals surface area contributed by atoms with Crippen LogP contribution < -0.4 is 198 Å². The van der Waals surface area contributed by atoms with E-state index < -0.39 is 114 Å². The molecular formula is C42H40N10Na6O18S6. The van der Waals surface area contributed by atoms with E-state index in [1.807, 2.05) is 0 Å². The predicted octanol–water partition coefficient (Wildman–Crippen LogP) is -16.0. The van der Waals surface area contributed by atoms with Crippen LogP contribution in [0.4, 0.5) is 35.2 Å². The summed E-state index contributed by atoms with van der Waals surface area (Å²) in [6.45, 7) is 8.15. The smallest absolute Gasteiger partial charge is 0.744 e. The van der Waals surface area contributed by atoms with Gasteiger partial charge in [-0.15, -0.1) is 0 Å². The van der Waals surface area contributed by atoms with Gasteiger partial charge in [0.05, 0.1) is 35.1 Å². The first kappa shape index (κ1) is 81.3. The van der Waals surface area contributed by atoms with Crippen molar-refractivity contribution < 1.29 is 255 Å². The zero-order chi connectivity index (χ0) is 56.3. The van der Waals surface area contributed by atoms with Crippen molar-refractivity contribution in [1.29, 1.82) is 0 Å². The third-order valence-electron chi connectivity index (χ3n) is 10.8. The number of hydrogen-bond donors (Lipinski definition) is 2. The van der Waals surface area contributed by atoms with Crippen LogP contribution in [0.1, 0.15) is 61.6 Å². The van der Waals surface area contributed by atoms with Crippen LogP contribution >= 0.6 is 0 Å². The van der Waals surface area contributed by atoms with E-state index in [9.17, 15) is 77.8 Å². The molecule has 2 aromatic heterocycles. The molecule has 0 unspecified atom stereocenters. The molecule has 6 rings (SSSR count). The summed E-state index contributed by atoms with van der Waals surface area (Å²) in [6.07, 6.45) is 1.07. The SMILES string of the molecule is CCN(CC)c1nc(Cc2cc(S(=O)(=O)[O-])ccc2S(=O)(=O)[O-])nc(Nc2ccc(/C=C/c3ccc(Cc4nc(Nc5cc(S(=O)(=O)[O-])ccc5S(=O)(=O)[O-])nc(N(CC)CC)n4)cc3S(=O)(=O)[O-])c(S(=O)(=O)[O-])c2)n1.[Na+].[Na+].[Na+].[Na+].[Na+].[Na+]. The van der Waals surface area contributed by atoms with Crippen molar-refractivity contribution in [3.05, 3.63) is 107 Å². The second-order valence-corrected chi connectivity index (χ2v) is 24.0. The Labute approximate surface area is 607 Å². The molecule has 0 saturated heterocycles. The topological polar surface area (TPSA) is 451 Å². The van der Waals surface area contributed by atoms with Gasteiger partial charge in [0.25, 0.3) is 0 Å². The first-order valence-electron chi connectivity index (χ1n) is 21.7. The molecule has 6 aromatic rings. The fraction of sp³-hybridized carbons (Fsp3) is 0.238. The van der Waals surface area contributed by atoms with Gasteiger partial charge in [-0.3, -0.25) is 0 Å². The summed E-state index contributed by atoms with van der Waals surface area (Å²) in [6, 6.07) is 10.5. The van der Waals surface area contributed by atoms with Crippen LogP contribution in [0, 0.1) is 0 Å². The fourth-order valence-electron chi connectivity index (χ4n) is 7.25. The van der Waals surface area contributed by atoms with Crippen LogP contribution in [0.15, 0.2) is 102 Å². The van der Waals surface area contributed by atoms with E-state index in [1.54, 1.807) is 37.5 Å². The first-order chi connectivity index (χ1) is 35.2. The Hall–Kier alpha value is -0.700. The molecule has 0 aliphatic rings. The molecular weight excluding hydrogens is 1260 g/mol. The molecule has 0 radical (unpaired) electrons. The van der Waals surface area contributed by atoms with Gasteiger partial charge < -0.3 is 47.7 Å². The minimum atomic E-state index is -5.36. The van der Waals surface area contributed by atoms with Crippen LogP contribution in [-0.2, 0) is 73.6 Å². The van der Waals surface area contributed by atoms with Crippen molar-refractivity contribution in [2.75, 3.05) is 46.6 Å². The number of benzene rings is 4. The van der Waals surface area contributed by atoms with Crippen LogP contribution in [-0.4, -0.2) is 134 Å². The summed E-state index contributed by atoms with van der Waals surface area (Å²) >= 11 is 0. The van der Waals surface area contributed by atoms with Gasteiger partial charge in [0.15, 0.2) is 0 Å². The standard InChI is InChI=1S/C42H46N10O18S6.6Na/c1-5-51(6-2)41-47-37(45-40(50-41)44-32-24-31(72(56,57)58)16-18-34(32)74(62,63)64)20-25-9-10-26(35(19-25)75(65,66)67)11-12-27-13-14-29(23-36(27)76(68,69)70)43-39-46-38(48-42(49-39)52(7-3)8-4)22-28-21-30(71(53,54)55)15-17-33(28)73(59,60)61;;;;;;/h9-19,21,23-24H,5-8,20,22H2,1-4H3,(H,53,54,55)(H,56,57,58)(H,59,60,61)(H,62,63,64)(H,65,66,67)(H,68,69,70)(H,43,46,48,49)(H,44,45,47,50);;;;;;/q;6*+1/p-6/b12-11+;;;;;;. The molecule has 28 nitrogen and oxygen atoms in total. The van der Waals surface area contributed by atoms with Gasteiger partial charge in [-0.25, -0.2) is 50.5 Å². The molecule has 0 saturated carbocycles. The predicted molar refractivity (Wildman–Crippen MR) is 261 cm³/mol. The van der Waals surface area contributed by atoms with Crippen molar-refractivity contribution in [3.63, 3.8) is 0 Å². The van der Waals surface area contributed by atoms with Crippen LogP contribution in [0.5, 0.6) is 0 Å². The minimum Gasteiger partial charge on any atom is -0.744 e. The molecule has 0 aliphatic carbocycles. The molecule has 4 aromatic carbocycles. The number of aromatic nitrogens is 6. The van der Waals surface area contributed by atoms with E-state index in [2.05, 4.69) is 40.5 Å². The maximum atomic E-state index is 12.7. The maximum Gasteiger partial charge on any atom is 1.00 e. The Balaban J connectivity index is 0.0000109. The second-order valence-electron chi connectivity index (χ2n) is 15.8. The molecule has 2 N–H and O–H groups in total. The zero-order valence-electron chi connectivity index (χ0n) is 45.7. The molecule has 0 bridgehead atoms. The van der Waals surface area contributed by atoms with Crippen molar-refractivity contribution in [2.24, 2.45) is 0 Å². The number of rotatable bonds is 22. The van der Waals surface area contributed by atoms with Crippen LogP contribution in [0.2, 0.25) is 0 Å². The molecule has 0 aliphatic heterocycles. The largest absolute Gasteiger partial charge is 1.00 e. The minimum absolute atomic E-state index is 0. The van der Waals surface area contributed by atoms with Gasteiger partial charge in [0, 0.05) is 44.7 Å². The van der Waals surface area contributed by atoms with E-state index in [4.69, 9.17) is 0 Å². The number of hydrogen-bond acceptors (Lipinski definition) is 28. The van der Waals surface area contributed by atoms with Gasteiger partial charge in [-0.05, 0) is 105 Å². The summed E-state index contributed by atoms with van der Waals surface area (Å²) in [5.74, 6) is -1.23. The Morgan fingerprint density at radius 2 is 0.817 bits per heavy atom. The van der Waals surface area contributed by atoms with Gasteiger partial charge >= 0.3 is 177 Å². The first-order valence-corrected chi connectivity index (χ1v) is 30.2. The molecule has 408 valence electrons. The Bertz CT molecular complexity index is 3750. The summed E-state index contributed by atoms with van der Waals surface area (Å²) in [5.41, 5.74) is -1.77. The molecule has 82 heavy (non-hydrogen) atoms. The average Bonchev–Trinajstić information content (AvgIpc) is 3.30. The number of anilines is 6. The molecule has 0 spiro atoms. The number of nitrogens with zero attached hydrogens (tertiary/aromatic N) is 8. The Kier molecular flexibility index (Phi) is 32.9. The van der Waals surface area contributed by atoms with E-state index in [-0.39, 0.29) is 236 Å². The normalized spacial score (nSPS) is 11.8. The van der Waals surface area contributed by atoms with Crippen LogP contribution in [0.25, 0.3) is 12.2 Å². The third-order valence-corrected chi connectivity index (χ3v) is 16.1. The zero-order valence-corrected chi connectivity index (χ0v) is 62.6. The van der Waals surface area contributed by atoms with Crippen molar-refractivity contribution in [1.82, 2.24) is 29.9 Å². The Morgan fingerprint density at radius 3 is 1.26 bits per heavy atom. The molecule has 0 fully saturated rings. The van der Waals surface area contributed by atoms with Crippen LogP contribution in [0.3, 0.4) is 0 Å². The average molecular weight is 1300 g/mol. The van der Waals surface area contributed by atoms with Gasteiger partial charge in [-0.2, -0.15) is 29.9 Å². The summed E-state index contributed by atoms with van der Waals surface area (Å²) < 4.78 is 219. The molecule has 0 amide bonds. The van der Waals surface area contributed by atoms with Gasteiger partial charge in [0.2, 0.25) is 23.8 Å². The van der Waals surface area contributed by atoms with Gasteiger partial charge in [-0.1, -0.05) is 30.4 Å². The number of nitrogens with one attached hydrogen (secondary N) is 2. The monoisotopic (exact) mass is 1300 g/mol. The second kappa shape index (κ2) is 33.2. The van der Waals surface area contributed by atoms with Crippen molar-refractivity contribution in [2.45, 2.75) is 69.9 Å².